The van der Waals surface area contributed by atoms with Gasteiger partial charge >= 0.3 is 0 Å². The molecule has 0 bridgehead atoms. The molecule has 1 rings (SSSR count). The molecule has 5 heteroatoms. The molecule has 98 valence electrons. The van der Waals surface area contributed by atoms with Gasteiger partial charge in [-0.3, -0.25) is 9.59 Å². The standard InChI is InChI=1S/C13H19N3O2/c1-3-16(4-2)12(17)9-15-11-7-5-6-10(8-11)13(14)18/h5-8,15H,3-4,9H2,1-2H3,(H2,14,18). The first kappa shape index (κ1) is 14.0. The van der Waals surface area contributed by atoms with Crippen LogP contribution >= 0.6 is 0 Å². The molecule has 2 amide bonds. The Hall–Kier alpha value is -2.04. The Labute approximate surface area is 107 Å². The number of likely N-dealkylation sites (N-methyl/N-ethyl adjacent to an activating group) is 1. The van der Waals surface area contributed by atoms with Gasteiger partial charge in [-0.2, -0.15) is 0 Å². The number of benzene rings is 1. The van der Waals surface area contributed by atoms with Crippen LogP contribution in [0.4, 0.5) is 5.69 Å². The zero-order valence-corrected chi connectivity index (χ0v) is 10.8. The minimum Gasteiger partial charge on any atom is -0.376 e. The smallest absolute Gasteiger partial charge is 0.248 e. The zero-order chi connectivity index (χ0) is 13.5. The Morgan fingerprint density at radius 1 is 1.28 bits per heavy atom. The third kappa shape index (κ3) is 3.76. The van der Waals surface area contributed by atoms with Gasteiger partial charge in [0, 0.05) is 24.3 Å². The molecule has 1 aromatic rings. The highest BCUT2D eigenvalue weighted by Gasteiger charge is 2.09. The van der Waals surface area contributed by atoms with Crippen LogP contribution in [0.2, 0.25) is 0 Å². The third-order valence-electron chi connectivity index (χ3n) is 2.71. The number of nitrogens with zero attached hydrogens (tertiary/aromatic N) is 1. The van der Waals surface area contributed by atoms with E-state index < -0.39 is 5.91 Å². The highest BCUT2D eigenvalue weighted by molar-refractivity contribution is 5.93. The second-order valence-corrected chi connectivity index (χ2v) is 3.86. The van der Waals surface area contributed by atoms with Crippen molar-refractivity contribution in [1.29, 1.82) is 0 Å². The zero-order valence-electron chi connectivity index (χ0n) is 10.8. The van der Waals surface area contributed by atoms with Gasteiger partial charge in [0.05, 0.1) is 6.54 Å². The lowest BCUT2D eigenvalue weighted by molar-refractivity contribution is -0.128. The number of hydrogen-bond acceptors (Lipinski definition) is 3. The van der Waals surface area contributed by atoms with E-state index in [1.54, 1.807) is 29.2 Å². The maximum Gasteiger partial charge on any atom is 0.248 e. The molecular formula is C13H19N3O2. The summed E-state index contributed by atoms with van der Waals surface area (Å²) in [4.78, 5) is 24.5. The molecule has 0 spiro atoms. The molecule has 3 N–H and O–H groups in total. The Bertz CT molecular complexity index is 428. The molecule has 0 aliphatic rings. The van der Waals surface area contributed by atoms with Crippen LogP contribution in [0.1, 0.15) is 24.2 Å². The second-order valence-electron chi connectivity index (χ2n) is 3.86. The van der Waals surface area contributed by atoms with Crippen LogP contribution in [-0.4, -0.2) is 36.3 Å². The average molecular weight is 249 g/mol. The monoisotopic (exact) mass is 249 g/mol. The Morgan fingerprint density at radius 3 is 2.50 bits per heavy atom. The summed E-state index contributed by atoms with van der Waals surface area (Å²) >= 11 is 0. The van der Waals surface area contributed by atoms with Crippen LogP contribution in [0, 0.1) is 0 Å². The van der Waals surface area contributed by atoms with Crippen LogP contribution in [-0.2, 0) is 4.79 Å². The summed E-state index contributed by atoms with van der Waals surface area (Å²) in [5.41, 5.74) is 6.33. The fourth-order valence-electron chi connectivity index (χ4n) is 1.65. The van der Waals surface area contributed by atoms with E-state index in [1.807, 2.05) is 13.8 Å². The summed E-state index contributed by atoms with van der Waals surface area (Å²) in [5, 5.41) is 2.99. The van der Waals surface area contributed by atoms with Gasteiger partial charge in [0.1, 0.15) is 0 Å². The van der Waals surface area contributed by atoms with Gasteiger partial charge in [0.25, 0.3) is 0 Å². The van der Waals surface area contributed by atoms with Gasteiger partial charge in [-0.1, -0.05) is 6.07 Å². The van der Waals surface area contributed by atoms with Crippen molar-refractivity contribution in [3.8, 4) is 0 Å². The number of anilines is 1. The number of hydrogen-bond donors (Lipinski definition) is 2. The van der Waals surface area contributed by atoms with Crippen molar-refractivity contribution in [2.45, 2.75) is 13.8 Å². The fraction of sp³-hybridized carbons (Fsp3) is 0.385. The molecular weight excluding hydrogens is 230 g/mol. The van der Waals surface area contributed by atoms with E-state index in [-0.39, 0.29) is 12.5 Å². The molecule has 0 saturated carbocycles. The van der Waals surface area contributed by atoms with Crippen LogP contribution in [0.5, 0.6) is 0 Å². The molecule has 0 radical (unpaired) electrons. The molecule has 1 aromatic carbocycles. The third-order valence-corrected chi connectivity index (χ3v) is 2.71. The van der Waals surface area contributed by atoms with Crippen molar-refractivity contribution in [3.05, 3.63) is 29.8 Å². The molecule has 18 heavy (non-hydrogen) atoms. The lowest BCUT2D eigenvalue weighted by Gasteiger charge is -2.19. The number of rotatable bonds is 6. The largest absolute Gasteiger partial charge is 0.376 e. The SMILES string of the molecule is CCN(CC)C(=O)CNc1cccc(C(N)=O)c1. The number of nitrogens with two attached hydrogens (primary N) is 1. The lowest BCUT2D eigenvalue weighted by atomic mass is 10.2. The second kappa shape index (κ2) is 6.64. The predicted molar refractivity (Wildman–Crippen MR) is 71.4 cm³/mol. The topological polar surface area (TPSA) is 75.4 Å². The molecule has 0 aliphatic carbocycles. The fourth-order valence-corrected chi connectivity index (χ4v) is 1.65. The van der Waals surface area contributed by atoms with Crippen LogP contribution < -0.4 is 11.1 Å². The number of primary amides is 1. The number of carbonyl (C=O) groups is 2. The Balaban J connectivity index is 2.61. The van der Waals surface area contributed by atoms with Gasteiger partial charge in [0.2, 0.25) is 11.8 Å². The molecule has 0 unspecified atom stereocenters. The molecule has 0 saturated heterocycles. The number of carbonyl (C=O) groups excluding carboxylic acids is 2. The Kier molecular flexibility index (Phi) is 5.17. The molecule has 0 aromatic heterocycles. The first-order valence-electron chi connectivity index (χ1n) is 6.00. The van der Waals surface area contributed by atoms with Crippen molar-refractivity contribution in [1.82, 2.24) is 4.90 Å². The van der Waals surface area contributed by atoms with E-state index in [9.17, 15) is 9.59 Å². The minimum atomic E-state index is -0.478. The van der Waals surface area contributed by atoms with E-state index in [2.05, 4.69) is 5.32 Å². The molecule has 0 heterocycles. The summed E-state index contributed by atoms with van der Waals surface area (Å²) in [5.74, 6) is -0.446. The van der Waals surface area contributed by atoms with Gasteiger partial charge in [-0.05, 0) is 32.0 Å². The molecule has 0 fully saturated rings. The van der Waals surface area contributed by atoms with Gasteiger partial charge in [-0.25, -0.2) is 0 Å². The van der Waals surface area contributed by atoms with E-state index in [0.717, 1.165) is 0 Å². The van der Waals surface area contributed by atoms with Crippen LogP contribution in [0.15, 0.2) is 24.3 Å². The maximum atomic E-state index is 11.8. The Morgan fingerprint density at radius 2 is 1.94 bits per heavy atom. The average Bonchev–Trinajstić information content (AvgIpc) is 2.38. The van der Waals surface area contributed by atoms with Gasteiger partial charge < -0.3 is 16.0 Å². The summed E-state index contributed by atoms with van der Waals surface area (Å²) in [6, 6.07) is 6.80. The first-order valence-corrected chi connectivity index (χ1v) is 6.00. The molecule has 5 nitrogen and oxygen atoms in total. The first-order chi connectivity index (χ1) is 8.58. The van der Waals surface area contributed by atoms with Crippen molar-refractivity contribution in [2.24, 2.45) is 5.73 Å². The molecule has 0 aliphatic heterocycles. The quantitative estimate of drug-likeness (QED) is 0.791. The van der Waals surface area contributed by atoms with Crippen molar-refractivity contribution in [2.75, 3.05) is 25.0 Å². The molecule has 0 atom stereocenters. The highest BCUT2D eigenvalue weighted by Crippen LogP contribution is 2.09. The van der Waals surface area contributed by atoms with Crippen molar-refractivity contribution >= 4 is 17.5 Å². The van der Waals surface area contributed by atoms with Crippen molar-refractivity contribution in [3.63, 3.8) is 0 Å². The van der Waals surface area contributed by atoms with Crippen LogP contribution in [0.3, 0.4) is 0 Å². The summed E-state index contributed by atoms with van der Waals surface area (Å²) in [7, 11) is 0. The van der Waals surface area contributed by atoms with Gasteiger partial charge in [0.15, 0.2) is 0 Å². The predicted octanol–water partition coefficient (Wildman–Crippen LogP) is 1.07. The van der Waals surface area contributed by atoms with Crippen molar-refractivity contribution < 1.29 is 9.59 Å². The normalized spacial score (nSPS) is 9.89. The van der Waals surface area contributed by atoms with Crippen LogP contribution in [0.25, 0.3) is 0 Å². The minimum absolute atomic E-state index is 0.0319. The summed E-state index contributed by atoms with van der Waals surface area (Å²) in [6.07, 6.45) is 0. The maximum absolute atomic E-state index is 11.8. The summed E-state index contributed by atoms with van der Waals surface area (Å²) < 4.78 is 0. The van der Waals surface area contributed by atoms with E-state index >= 15 is 0 Å². The highest BCUT2D eigenvalue weighted by atomic mass is 16.2. The number of nitrogens with one attached hydrogen (secondary N) is 1. The van der Waals surface area contributed by atoms with Gasteiger partial charge in [-0.15, -0.1) is 0 Å². The van der Waals surface area contributed by atoms with E-state index in [4.69, 9.17) is 5.73 Å². The lowest BCUT2D eigenvalue weighted by Crippen LogP contribution is -2.35. The van der Waals surface area contributed by atoms with E-state index in [0.29, 0.717) is 24.3 Å². The summed E-state index contributed by atoms with van der Waals surface area (Å²) in [6.45, 7) is 5.48. The number of amides is 2. The van der Waals surface area contributed by atoms with E-state index in [1.165, 1.54) is 0 Å².